The van der Waals surface area contributed by atoms with Crippen LogP contribution in [0, 0.1) is 0 Å². The Labute approximate surface area is 140 Å². The minimum atomic E-state index is 0.317. The number of fused-ring (bicyclic) bond motifs is 2. The Morgan fingerprint density at radius 3 is 3.14 bits per heavy atom. The van der Waals surface area contributed by atoms with Crippen molar-refractivity contribution in [1.82, 2.24) is 19.7 Å². The van der Waals surface area contributed by atoms with Crippen LogP contribution < -0.4 is 5.32 Å². The third kappa shape index (κ3) is 2.46. The molecule has 0 spiro atoms. The molecule has 4 rings (SSSR count). The van der Waals surface area contributed by atoms with Crippen molar-refractivity contribution in [1.29, 1.82) is 0 Å². The maximum absolute atomic E-state index is 6.29. The van der Waals surface area contributed by atoms with E-state index in [9.17, 15) is 0 Å². The highest BCUT2D eigenvalue weighted by atomic mass is 79.9. The molecular formula is C15H13BrClN5. The summed E-state index contributed by atoms with van der Waals surface area (Å²) < 4.78 is 2.91. The number of hydrogen-bond donors (Lipinski definition) is 1. The third-order valence-corrected chi connectivity index (χ3v) is 4.67. The smallest absolute Gasteiger partial charge is 0.138 e. The fourth-order valence-corrected chi connectivity index (χ4v) is 3.74. The van der Waals surface area contributed by atoms with Gasteiger partial charge in [-0.3, -0.25) is 4.98 Å². The summed E-state index contributed by atoms with van der Waals surface area (Å²) in [5, 5.41) is 9.53. The van der Waals surface area contributed by atoms with Crippen molar-refractivity contribution >= 4 is 44.1 Å². The predicted molar refractivity (Wildman–Crippen MR) is 90.2 cm³/mol. The number of aromatic nitrogens is 4. The molecular weight excluding hydrogens is 366 g/mol. The van der Waals surface area contributed by atoms with Crippen LogP contribution in [-0.4, -0.2) is 25.8 Å². The first-order valence-corrected chi connectivity index (χ1v) is 8.25. The van der Waals surface area contributed by atoms with Gasteiger partial charge in [-0.2, -0.15) is 5.10 Å². The number of anilines is 1. The molecule has 1 unspecified atom stereocenters. The van der Waals surface area contributed by atoms with Crippen LogP contribution in [0.4, 0.5) is 5.69 Å². The molecule has 3 heterocycles. The van der Waals surface area contributed by atoms with Crippen molar-refractivity contribution in [2.75, 3.05) is 5.32 Å². The SMILES string of the molecule is Clc1cc(Br)cc2c(NC3CCc4ncnn4C3)ccnc12. The number of pyridine rings is 1. The average Bonchev–Trinajstić information content (AvgIpc) is 2.95. The first-order valence-electron chi connectivity index (χ1n) is 7.08. The highest BCUT2D eigenvalue weighted by Gasteiger charge is 2.20. The Morgan fingerprint density at radius 1 is 1.32 bits per heavy atom. The Morgan fingerprint density at radius 2 is 2.23 bits per heavy atom. The molecule has 1 atom stereocenters. The van der Waals surface area contributed by atoms with Crippen LogP contribution >= 0.6 is 27.5 Å². The largest absolute Gasteiger partial charge is 0.380 e. The zero-order chi connectivity index (χ0) is 15.1. The summed E-state index contributed by atoms with van der Waals surface area (Å²) in [5.41, 5.74) is 1.86. The lowest BCUT2D eigenvalue weighted by molar-refractivity contribution is 0.442. The Hall–Kier alpha value is -1.66. The van der Waals surface area contributed by atoms with Crippen LogP contribution in [0.3, 0.4) is 0 Å². The summed E-state index contributed by atoms with van der Waals surface area (Å²) in [4.78, 5) is 8.64. The van der Waals surface area contributed by atoms with Crippen LogP contribution in [0.25, 0.3) is 10.9 Å². The van der Waals surface area contributed by atoms with Gasteiger partial charge in [0.1, 0.15) is 12.2 Å². The average molecular weight is 379 g/mol. The van der Waals surface area contributed by atoms with E-state index in [0.29, 0.717) is 11.1 Å². The number of aryl methyl sites for hydroxylation is 1. The van der Waals surface area contributed by atoms with Gasteiger partial charge >= 0.3 is 0 Å². The topological polar surface area (TPSA) is 55.6 Å². The summed E-state index contributed by atoms with van der Waals surface area (Å²) in [6.45, 7) is 0.820. The van der Waals surface area contributed by atoms with Gasteiger partial charge in [-0.25, -0.2) is 9.67 Å². The van der Waals surface area contributed by atoms with E-state index in [2.05, 4.69) is 36.3 Å². The molecule has 5 nitrogen and oxygen atoms in total. The molecule has 1 N–H and O–H groups in total. The molecule has 0 saturated heterocycles. The van der Waals surface area contributed by atoms with Gasteiger partial charge in [-0.15, -0.1) is 0 Å². The predicted octanol–water partition coefficient (Wildman–Crippen LogP) is 3.67. The van der Waals surface area contributed by atoms with Crippen LogP contribution in [0.1, 0.15) is 12.2 Å². The summed E-state index contributed by atoms with van der Waals surface area (Å²) in [7, 11) is 0. The van der Waals surface area contributed by atoms with Crippen LogP contribution in [0.2, 0.25) is 5.02 Å². The van der Waals surface area contributed by atoms with Gasteiger partial charge in [0.15, 0.2) is 0 Å². The fraction of sp³-hybridized carbons (Fsp3) is 0.267. The molecule has 22 heavy (non-hydrogen) atoms. The Bertz CT molecular complexity index is 847. The number of halogens is 2. The first-order chi connectivity index (χ1) is 10.7. The fourth-order valence-electron chi connectivity index (χ4n) is 2.88. The third-order valence-electron chi connectivity index (χ3n) is 3.93. The first kappa shape index (κ1) is 14.0. The number of hydrogen-bond acceptors (Lipinski definition) is 4. The van der Waals surface area contributed by atoms with Crippen molar-refractivity contribution in [2.24, 2.45) is 0 Å². The zero-order valence-electron chi connectivity index (χ0n) is 11.6. The van der Waals surface area contributed by atoms with Crippen molar-refractivity contribution in [3.63, 3.8) is 0 Å². The van der Waals surface area contributed by atoms with Gasteiger partial charge in [-0.05, 0) is 24.6 Å². The molecule has 0 fully saturated rings. The molecule has 3 aromatic rings. The highest BCUT2D eigenvalue weighted by molar-refractivity contribution is 9.10. The normalized spacial score (nSPS) is 17.5. The zero-order valence-corrected chi connectivity index (χ0v) is 14.0. The molecule has 7 heteroatoms. The van der Waals surface area contributed by atoms with Gasteiger partial charge in [0.2, 0.25) is 0 Å². The number of nitrogens with one attached hydrogen (secondary N) is 1. The van der Waals surface area contributed by atoms with E-state index in [1.54, 1.807) is 12.5 Å². The molecule has 0 aliphatic carbocycles. The van der Waals surface area contributed by atoms with Gasteiger partial charge in [-0.1, -0.05) is 27.5 Å². The Kier molecular flexibility index (Phi) is 3.50. The second kappa shape index (κ2) is 5.52. The molecule has 2 aromatic heterocycles. The summed E-state index contributed by atoms with van der Waals surface area (Å²) in [6, 6.07) is 6.21. The molecule has 1 aliphatic rings. The number of nitrogens with zero attached hydrogens (tertiary/aromatic N) is 4. The van der Waals surface area contributed by atoms with Gasteiger partial charge in [0.25, 0.3) is 0 Å². The van der Waals surface area contributed by atoms with E-state index in [-0.39, 0.29) is 0 Å². The van der Waals surface area contributed by atoms with Crippen molar-refractivity contribution < 1.29 is 0 Å². The van der Waals surface area contributed by atoms with E-state index >= 15 is 0 Å². The van der Waals surface area contributed by atoms with Crippen LogP contribution in [0.15, 0.2) is 35.2 Å². The van der Waals surface area contributed by atoms with Crippen molar-refractivity contribution in [3.05, 3.63) is 46.0 Å². The van der Waals surface area contributed by atoms with Crippen LogP contribution in [0.5, 0.6) is 0 Å². The van der Waals surface area contributed by atoms with E-state index in [4.69, 9.17) is 11.6 Å². The number of benzene rings is 1. The molecule has 1 aliphatic heterocycles. The highest BCUT2D eigenvalue weighted by Crippen LogP contribution is 2.32. The van der Waals surface area contributed by atoms with E-state index in [0.717, 1.165) is 46.3 Å². The van der Waals surface area contributed by atoms with Gasteiger partial charge < -0.3 is 5.32 Å². The second-order valence-corrected chi connectivity index (χ2v) is 6.70. The minimum Gasteiger partial charge on any atom is -0.380 e. The van der Waals surface area contributed by atoms with E-state index in [1.165, 1.54) is 0 Å². The van der Waals surface area contributed by atoms with Gasteiger partial charge in [0.05, 0.1) is 17.1 Å². The Balaban J connectivity index is 1.68. The molecule has 0 bridgehead atoms. The quantitative estimate of drug-likeness (QED) is 0.739. The van der Waals surface area contributed by atoms with Crippen LogP contribution in [-0.2, 0) is 13.0 Å². The maximum Gasteiger partial charge on any atom is 0.138 e. The summed E-state index contributed by atoms with van der Waals surface area (Å²) in [5.74, 6) is 1.06. The molecule has 0 radical (unpaired) electrons. The monoisotopic (exact) mass is 377 g/mol. The van der Waals surface area contributed by atoms with Crippen molar-refractivity contribution in [3.8, 4) is 0 Å². The molecule has 1 aromatic carbocycles. The standard InChI is InChI=1S/C15H13BrClN5/c16-9-5-11-13(3-4-18-15(11)12(17)6-9)21-10-1-2-14-19-8-20-22(14)7-10/h3-6,8,10H,1-2,7H2,(H,18,21). The molecule has 0 amide bonds. The lowest BCUT2D eigenvalue weighted by atomic mass is 10.1. The van der Waals surface area contributed by atoms with E-state index < -0.39 is 0 Å². The summed E-state index contributed by atoms with van der Waals surface area (Å²) in [6.07, 6.45) is 5.37. The van der Waals surface area contributed by atoms with Gasteiger partial charge in [0, 0.05) is 34.2 Å². The van der Waals surface area contributed by atoms with Crippen molar-refractivity contribution in [2.45, 2.75) is 25.4 Å². The second-order valence-electron chi connectivity index (χ2n) is 5.38. The minimum absolute atomic E-state index is 0.317. The summed E-state index contributed by atoms with van der Waals surface area (Å²) >= 11 is 9.78. The molecule has 112 valence electrons. The van der Waals surface area contributed by atoms with E-state index in [1.807, 2.05) is 22.9 Å². The number of rotatable bonds is 2. The lowest BCUT2D eigenvalue weighted by Crippen LogP contribution is -2.32. The lowest BCUT2D eigenvalue weighted by Gasteiger charge is -2.25. The maximum atomic E-state index is 6.29. The molecule has 0 saturated carbocycles.